The Morgan fingerprint density at radius 3 is 2.31 bits per heavy atom. The van der Waals surface area contributed by atoms with Gasteiger partial charge in [-0.2, -0.15) is 0 Å². The van der Waals surface area contributed by atoms with Gasteiger partial charge in [-0.1, -0.05) is 31.9 Å². The van der Waals surface area contributed by atoms with Crippen LogP contribution in [0.1, 0.15) is 46.0 Å². The number of unbranched alkanes of at least 4 members (excludes halogenated alkanes) is 3. The van der Waals surface area contributed by atoms with E-state index in [4.69, 9.17) is 4.74 Å². The Morgan fingerprint density at radius 1 is 0.923 bits per heavy atom. The van der Waals surface area contributed by atoms with Crippen LogP contribution in [-0.2, 0) is 4.74 Å². The van der Waals surface area contributed by atoms with Gasteiger partial charge < -0.3 is 4.74 Å². The van der Waals surface area contributed by atoms with Crippen molar-refractivity contribution in [1.29, 1.82) is 0 Å². The van der Waals surface area contributed by atoms with E-state index in [0.717, 1.165) is 19.4 Å². The minimum Gasteiger partial charge on any atom is -0.502 e. The number of hydrogen-bond acceptors (Lipinski definition) is 1. The molecule has 0 aliphatic carbocycles. The van der Waals surface area contributed by atoms with E-state index in [1.807, 2.05) is 6.92 Å². The van der Waals surface area contributed by atoms with Crippen molar-refractivity contribution in [3.8, 4) is 0 Å². The highest BCUT2D eigenvalue weighted by molar-refractivity contribution is 4.85. The highest BCUT2D eigenvalue weighted by Crippen LogP contribution is 1.98. The second-order valence-corrected chi connectivity index (χ2v) is 3.02. The lowest BCUT2D eigenvalue weighted by molar-refractivity contribution is 0.268. The van der Waals surface area contributed by atoms with E-state index >= 15 is 0 Å². The van der Waals surface area contributed by atoms with Crippen molar-refractivity contribution in [2.45, 2.75) is 46.0 Å². The molecule has 0 saturated heterocycles. The highest BCUT2D eigenvalue weighted by Gasteiger charge is 1.79. The summed E-state index contributed by atoms with van der Waals surface area (Å²) in [6.07, 6.45) is 14.4. The average molecular weight is 182 g/mol. The van der Waals surface area contributed by atoms with Gasteiger partial charge in [-0.15, -0.1) is 0 Å². The molecule has 76 valence electrons. The van der Waals surface area contributed by atoms with Crippen LogP contribution in [0.5, 0.6) is 0 Å². The van der Waals surface area contributed by atoms with E-state index in [9.17, 15) is 0 Å². The smallest absolute Gasteiger partial charge is 0.0845 e. The molecular weight excluding hydrogens is 160 g/mol. The van der Waals surface area contributed by atoms with Gasteiger partial charge >= 0.3 is 0 Å². The van der Waals surface area contributed by atoms with Crippen LogP contribution in [0.15, 0.2) is 24.5 Å². The topological polar surface area (TPSA) is 9.23 Å². The maximum absolute atomic E-state index is 5.07. The predicted molar refractivity (Wildman–Crippen MR) is 58.7 cm³/mol. The molecule has 0 radical (unpaired) electrons. The van der Waals surface area contributed by atoms with Gasteiger partial charge in [0.15, 0.2) is 0 Å². The predicted octanol–water partition coefficient (Wildman–Crippen LogP) is 4.06. The fraction of sp³-hybridized carbons (Fsp3) is 0.667. The summed E-state index contributed by atoms with van der Waals surface area (Å²) in [5.41, 5.74) is 0. The van der Waals surface area contributed by atoms with Crippen LogP contribution >= 0.6 is 0 Å². The van der Waals surface area contributed by atoms with Gasteiger partial charge in [-0.05, 0) is 32.3 Å². The molecule has 0 aliphatic rings. The van der Waals surface area contributed by atoms with Crippen LogP contribution in [0, 0.1) is 0 Å². The second kappa shape index (κ2) is 11.3. The summed E-state index contributed by atoms with van der Waals surface area (Å²) >= 11 is 0. The molecular formula is C12H22O. The van der Waals surface area contributed by atoms with Gasteiger partial charge in [0.2, 0.25) is 0 Å². The number of hydrogen-bond donors (Lipinski definition) is 0. The quantitative estimate of drug-likeness (QED) is 0.312. The summed E-state index contributed by atoms with van der Waals surface area (Å²) < 4.78 is 5.07. The first-order chi connectivity index (χ1) is 6.41. The van der Waals surface area contributed by atoms with Crippen molar-refractivity contribution in [2.24, 2.45) is 0 Å². The van der Waals surface area contributed by atoms with E-state index in [0.29, 0.717) is 0 Å². The normalized spacial score (nSPS) is 11.5. The summed E-state index contributed by atoms with van der Waals surface area (Å²) in [5, 5.41) is 0. The minimum absolute atomic E-state index is 0.767. The lowest BCUT2D eigenvalue weighted by Crippen LogP contribution is -1.76. The molecule has 0 aliphatic heterocycles. The fourth-order valence-electron chi connectivity index (χ4n) is 0.982. The van der Waals surface area contributed by atoms with E-state index < -0.39 is 0 Å². The Hall–Kier alpha value is -0.720. The molecule has 0 rings (SSSR count). The third-order valence-electron chi connectivity index (χ3n) is 1.75. The zero-order valence-electron chi connectivity index (χ0n) is 8.96. The Morgan fingerprint density at radius 2 is 1.62 bits per heavy atom. The maximum Gasteiger partial charge on any atom is 0.0845 e. The molecule has 0 aromatic rings. The number of allylic oxidation sites excluding steroid dienone is 3. The average Bonchev–Trinajstić information content (AvgIpc) is 2.16. The van der Waals surface area contributed by atoms with Gasteiger partial charge in [0.1, 0.15) is 0 Å². The molecule has 0 unspecified atom stereocenters. The molecule has 1 nitrogen and oxygen atoms in total. The molecule has 13 heavy (non-hydrogen) atoms. The third-order valence-corrected chi connectivity index (χ3v) is 1.75. The molecule has 0 aromatic carbocycles. The van der Waals surface area contributed by atoms with E-state index in [-0.39, 0.29) is 0 Å². The molecule has 0 saturated carbocycles. The van der Waals surface area contributed by atoms with Crippen molar-refractivity contribution < 1.29 is 4.74 Å². The molecule has 1 heteroatoms. The number of rotatable bonds is 8. The molecule has 0 amide bonds. The van der Waals surface area contributed by atoms with Crippen LogP contribution in [0.2, 0.25) is 0 Å². The van der Waals surface area contributed by atoms with E-state index in [1.165, 1.54) is 19.3 Å². The van der Waals surface area contributed by atoms with Gasteiger partial charge in [0.05, 0.1) is 12.9 Å². The molecule has 0 spiro atoms. The van der Waals surface area contributed by atoms with Gasteiger partial charge in [-0.25, -0.2) is 0 Å². The standard InChI is InChI=1S/C12H22O/c1-3-5-6-7-8-9-10-11-12-13-4-2/h7-8,11-12H,3-6,9-10H2,1-2H3. The first-order valence-electron chi connectivity index (χ1n) is 5.33. The summed E-state index contributed by atoms with van der Waals surface area (Å²) in [6, 6.07) is 0. The summed E-state index contributed by atoms with van der Waals surface area (Å²) in [7, 11) is 0. The largest absolute Gasteiger partial charge is 0.502 e. The van der Waals surface area contributed by atoms with Gasteiger partial charge in [-0.3, -0.25) is 0 Å². The first kappa shape index (κ1) is 12.3. The molecule has 0 N–H and O–H groups in total. The SMILES string of the molecule is CCCCC=CCCC=COCC. The molecule has 0 fully saturated rings. The zero-order valence-corrected chi connectivity index (χ0v) is 8.96. The monoisotopic (exact) mass is 182 g/mol. The summed E-state index contributed by atoms with van der Waals surface area (Å²) in [6.45, 7) is 4.98. The van der Waals surface area contributed by atoms with Gasteiger partial charge in [0.25, 0.3) is 0 Å². The lowest BCUT2D eigenvalue weighted by atomic mass is 10.2. The summed E-state index contributed by atoms with van der Waals surface area (Å²) in [5.74, 6) is 0. The Bertz CT molecular complexity index is 136. The van der Waals surface area contributed by atoms with Crippen molar-refractivity contribution in [1.82, 2.24) is 0 Å². The maximum atomic E-state index is 5.07. The highest BCUT2D eigenvalue weighted by atomic mass is 16.5. The van der Waals surface area contributed by atoms with E-state index in [2.05, 4.69) is 25.2 Å². The van der Waals surface area contributed by atoms with Crippen molar-refractivity contribution in [3.05, 3.63) is 24.5 Å². The molecule has 0 heterocycles. The van der Waals surface area contributed by atoms with Crippen molar-refractivity contribution in [2.75, 3.05) is 6.61 Å². The van der Waals surface area contributed by atoms with Crippen LogP contribution in [0.25, 0.3) is 0 Å². The van der Waals surface area contributed by atoms with Crippen LogP contribution < -0.4 is 0 Å². The number of ether oxygens (including phenoxy) is 1. The molecule has 0 bridgehead atoms. The molecule has 0 aromatic heterocycles. The third kappa shape index (κ3) is 11.3. The zero-order chi connectivity index (χ0) is 9.78. The Labute approximate surface area is 82.5 Å². The summed E-state index contributed by atoms with van der Waals surface area (Å²) in [4.78, 5) is 0. The van der Waals surface area contributed by atoms with E-state index in [1.54, 1.807) is 6.26 Å². The van der Waals surface area contributed by atoms with Gasteiger partial charge in [0, 0.05) is 0 Å². The van der Waals surface area contributed by atoms with Crippen LogP contribution in [-0.4, -0.2) is 6.61 Å². The van der Waals surface area contributed by atoms with Crippen LogP contribution in [0.4, 0.5) is 0 Å². The Balaban J connectivity index is 3.10. The Kier molecular flexibility index (Phi) is 10.7. The lowest BCUT2D eigenvalue weighted by Gasteiger charge is -1.91. The van der Waals surface area contributed by atoms with Crippen molar-refractivity contribution >= 4 is 0 Å². The first-order valence-corrected chi connectivity index (χ1v) is 5.33. The fourth-order valence-corrected chi connectivity index (χ4v) is 0.982. The minimum atomic E-state index is 0.767. The van der Waals surface area contributed by atoms with Crippen molar-refractivity contribution in [3.63, 3.8) is 0 Å². The van der Waals surface area contributed by atoms with Crippen LogP contribution in [0.3, 0.4) is 0 Å². The molecule has 0 atom stereocenters. The second-order valence-electron chi connectivity index (χ2n) is 3.02.